The lowest BCUT2D eigenvalue weighted by atomic mass is 10.2. The second-order valence-corrected chi connectivity index (χ2v) is 2.37. The van der Waals surface area contributed by atoms with Gasteiger partial charge < -0.3 is 0 Å². The number of rotatable bonds is 0. The van der Waals surface area contributed by atoms with E-state index < -0.39 is 0 Å². The molecule has 0 spiro atoms. The van der Waals surface area contributed by atoms with Crippen molar-refractivity contribution >= 4 is 23.2 Å². The summed E-state index contributed by atoms with van der Waals surface area (Å²) in [6, 6.07) is 6.44. The van der Waals surface area contributed by atoms with Gasteiger partial charge >= 0.3 is 0 Å². The van der Waals surface area contributed by atoms with Crippen molar-refractivity contribution in [3.8, 4) is 0 Å². The van der Waals surface area contributed by atoms with Crippen LogP contribution < -0.4 is 0 Å². The highest BCUT2D eigenvalue weighted by atomic mass is 35.5. The first kappa shape index (κ1) is 8.94. The number of fused-ring (bicyclic) bond motifs is 1. The minimum atomic E-state index is -0.205. The number of hydrogen-bond donors (Lipinski definition) is 0. The fourth-order valence-electron chi connectivity index (χ4n) is 1.05. The Hall–Kier alpha value is -1.15. The lowest BCUT2D eigenvalue weighted by Gasteiger charge is -1.94. The topological polar surface area (TPSA) is 12.9 Å². The van der Waals surface area contributed by atoms with Gasteiger partial charge in [0.2, 0.25) is 0 Å². The van der Waals surface area contributed by atoms with E-state index in [4.69, 9.17) is 0 Å². The summed E-state index contributed by atoms with van der Waals surface area (Å²) in [5.74, 6) is -0.205. The van der Waals surface area contributed by atoms with Crippen molar-refractivity contribution in [3.63, 3.8) is 0 Å². The van der Waals surface area contributed by atoms with Crippen LogP contribution in [0, 0.1) is 5.82 Å². The Morgan fingerprint density at radius 2 is 1.92 bits per heavy atom. The Balaban J connectivity index is 0.000000720. The van der Waals surface area contributed by atoms with E-state index in [1.807, 2.05) is 0 Å². The van der Waals surface area contributed by atoms with Crippen LogP contribution in [0.5, 0.6) is 0 Å². The zero-order valence-corrected chi connectivity index (χ0v) is 7.01. The van der Waals surface area contributed by atoms with Gasteiger partial charge in [-0.3, -0.25) is 4.98 Å². The highest BCUT2D eigenvalue weighted by molar-refractivity contribution is 5.85. The van der Waals surface area contributed by atoms with Crippen LogP contribution in [0.4, 0.5) is 4.39 Å². The first-order valence-electron chi connectivity index (χ1n) is 3.35. The second-order valence-electron chi connectivity index (χ2n) is 2.37. The molecule has 1 nitrogen and oxygen atoms in total. The minimum Gasteiger partial charge on any atom is -0.264 e. The van der Waals surface area contributed by atoms with Crippen LogP contribution >= 0.6 is 12.4 Å². The van der Waals surface area contributed by atoms with Crippen molar-refractivity contribution in [2.45, 2.75) is 0 Å². The van der Waals surface area contributed by atoms with Crippen molar-refractivity contribution < 1.29 is 4.39 Å². The molecule has 2 rings (SSSR count). The smallest absolute Gasteiger partial charge is 0.123 e. The Bertz CT molecular complexity index is 389. The maximum atomic E-state index is 12.6. The molecule has 62 valence electrons. The molecule has 0 aliphatic rings. The van der Waals surface area contributed by atoms with Gasteiger partial charge in [-0.1, -0.05) is 0 Å². The highest BCUT2D eigenvalue weighted by Gasteiger charge is 1.92. The predicted molar refractivity (Wildman–Crippen MR) is 48.9 cm³/mol. The van der Waals surface area contributed by atoms with E-state index in [1.54, 1.807) is 24.5 Å². The number of halogens is 2. The number of benzene rings is 1. The number of nitrogens with zero attached hydrogens (tertiary/aromatic N) is 1. The average molecular weight is 184 g/mol. The fourth-order valence-corrected chi connectivity index (χ4v) is 1.05. The summed E-state index contributed by atoms with van der Waals surface area (Å²) in [5.41, 5.74) is 0. The Labute approximate surface area is 75.7 Å². The molecule has 0 aliphatic heterocycles. The largest absolute Gasteiger partial charge is 0.264 e. The summed E-state index contributed by atoms with van der Waals surface area (Å²) in [6.07, 6.45) is 3.37. The SMILES string of the molecule is Cl.Fc1ccc2cnccc2c1. The third kappa shape index (κ3) is 1.53. The lowest BCUT2D eigenvalue weighted by Crippen LogP contribution is -1.76. The molecule has 0 radical (unpaired) electrons. The van der Waals surface area contributed by atoms with Crippen molar-refractivity contribution in [2.24, 2.45) is 0 Å². The van der Waals surface area contributed by atoms with Gasteiger partial charge in [0, 0.05) is 17.8 Å². The zero-order chi connectivity index (χ0) is 7.68. The van der Waals surface area contributed by atoms with E-state index in [0.717, 1.165) is 10.8 Å². The van der Waals surface area contributed by atoms with Crippen LogP contribution in [0.1, 0.15) is 0 Å². The summed E-state index contributed by atoms with van der Waals surface area (Å²) in [7, 11) is 0. The van der Waals surface area contributed by atoms with E-state index >= 15 is 0 Å². The number of pyridine rings is 1. The lowest BCUT2D eigenvalue weighted by molar-refractivity contribution is 0.629. The van der Waals surface area contributed by atoms with Crippen molar-refractivity contribution in [3.05, 3.63) is 42.5 Å². The molecule has 0 saturated heterocycles. The van der Waals surface area contributed by atoms with Crippen LogP contribution in [0.2, 0.25) is 0 Å². The van der Waals surface area contributed by atoms with Crippen LogP contribution in [0.3, 0.4) is 0 Å². The molecule has 12 heavy (non-hydrogen) atoms. The molecular weight excluding hydrogens is 177 g/mol. The van der Waals surface area contributed by atoms with Gasteiger partial charge in [-0.2, -0.15) is 0 Å². The molecule has 0 bridgehead atoms. The standard InChI is InChI=1S/C9H6FN.ClH/c10-9-2-1-8-6-11-4-3-7(8)5-9;/h1-6H;1H. The molecular formula is C9H7ClFN. The molecule has 0 atom stereocenters. The Kier molecular flexibility index (Phi) is 2.61. The molecule has 0 amide bonds. The summed E-state index contributed by atoms with van der Waals surface area (Å²) >= 11 is 0. The molecule has 1 aromatic heterocycles. The van der Waals surface area contributed by atoms with Crippen molar-refractivity contribution in [1.29, 1.82) is 0 Å². The number of aromatic nitrogens is 1. The van der Waals surface area contributed by atoms with E-state index in [9.17, 15) is 4.39 Å². The maximum absolute atomic E-state index is 12.6. The molecule has 1 aromatic carbocycles. The molecule has 0 fully saturated rings. The first-order chi connectivity index (χ1) is 5.36. The quantitative estimate of drug-likeness (QED) is 0.612. The van der Waals surface area contributed by atoms with Crippen LogP contribution in [0.15, 0.2) is 36.7 Å². The average Bonchev–Trinajstić information content (AvgIpc) is 2.04. The zero-order valence-electron chi connectivity index (χ0n) is 6.20. The molecule has 0 unspecified atom stereocenters. The van der Waals surface area contributed by atoms with Crippen molar-refractivity contribution in [2.75, 3.05) is 0 Å². The van der Waals surface area contributed by atoms with E-state index in [1.165, 1.54) is 12.1 Å². The predicted octanol–water partition coefficient (Wildman–Crippen LogP) is 2.80. The minimum absolute atomic E-state index is 0. The van der Waals surface area contributed by atoms with E-state index in [0.29, 0.717) is 0 Å². The summed E-state index contributed by atoms with van der Waals surface area (Å²) in [4.78, 5) is 3.92. The van der Waals surface area contributed by atoms with Gasteiger partial charge in [-0.15, -0.1) is 12.4 Å². The van der Waals surface area contributed by atoms with Crippen LogP contribution in [-0.2, 0) is 0 Å². The van der Waals surface area contributed by atoms with E-state index in [2.05, 4.69) is 4.98 Å². The first-order valence-corrected chi connectivity index (χ1v) is 3.35. The van der Waals surface area contributed by atoms with Gasteiger partial charge in [0.1, 0.15) is 5.82 Å². The molecule has 0 aliphatic carbocycles. The summed E-state index contributed by atoms with van der Waals surface area (Å²) in [6.45, 7) is 0. The number of hydrogen-bond acceptors (Lipinski definition) is 1. The second kappa shape index (κ2) is 3.50. The summed E-state index contributed by atoms with van der Waals surface area (Å²) in [5, 5.41) is 1.86. The van der Waals surface area contributed by atoms with Crippen LogP contribution in [0.25, 0.3) is 10.8 Å². The van der Waals surface area contributed by atoms with Crippen molar-refractivity contribution in [1.82, 2.24) is 4.98 Å². The van der Waals surface area contributed by atoms with E-state index in [-0.39, 0.29) is 18.2 Å². The fraction of sp³-hybridized carbons (Fsp3) is 0. The van der Waals surface area contributed by atoms with Gasteiger partial charge in [0.25, 0.3) is 0 Å². The molecule has 3 heteroatoms. The Morgan fingerprint density at radius 1 is 1.08 bits per heavy atom. The molecule has 2 aromatic rings. The molecule has 1 heterocycles. The van der Waals surface area contributed by atoms with Gasteiger partial charge in [0.05, 0.1) is 0 Å². The van der Waals surface area contributed by atoms with Crippen LogP contribution in [-0.4, -0.2) is 4.98 Å². The van der Waals surface area contributed by atoms with Gasteiger partial charge in [0.15, 0.2) is 0 Å². The van der Waals surface area contributed by atoms with Gasteiger partial charge in [-0.05, 0) is 29.7 Å². The third-order valence-corrected chi connectivity index (χ3v) is 1.60. The monoisotopic (exact) mass is 183 g/mol. The van der Waals surface area contributed by atoms with Gasteiger partial charge in [-0.25, -0.2) is 4.39 Å². The molecule has 0 saturated carbocycles. The maximum Gasteiger partial charge on any atom is 0.123 e. The summed E-state index contributed by atoms with van der Waals surface area (Å²) < 4.78 is 12.6. The highest BCUT2D eigenvalue weighted by Crippen LogP contribution is 2.12. The normalized spacial score (nSPS) is 9.42. The Morgan fingerprint density at radius 3 is 2.75 bits per heavy atom. The molecule has 0 N–H and O–H groups in total. The third-order valence-electron chi connectivity index (χ3n) is 1.60.